The number of sulfonamides is 1. The summed E-state index contributed by atoms with van der Waals surface area (Å²) < 4.78 is 42.3. The summed E-state index contributed by atoms with van der Waals surface area (Å²) in [6.07, 6.45) is 0.713. The van der Waals surface area contributed by atoms with E-state index >= 15 is 0 Å². The van der Waals surface area contributed by atoms with E-state index in [1.165, 1.54) is 24.1 Å². The number of fused-ring (bicyclic) bond motifs is 1. The molecule has 1 aliphatic rings. The number of anilines is 1. The molecular weight excluding hydrogens is 438 g/mol. The fourth-order valence-electron chi connectivity index (χ4n) is 3.61. The predicted molar refractivity (Wildman–Crippen MR) is 120 cm³/mol. The van der Waals surface area contributed by atoms with Crippen LogP contribution >= 0.6 is 0 Å². The van der Waals surface area contributed by atoms with Crippen molar-refractivity contribution in [1.29, 1.82) is 0 Å². The first-order valence-corrected chi connectivity index (χ1v) is 12.2. The lowest BCUT2D eigenvalue weighted by atomic mass is 10.0. The molecule has 10 nitrogen and oxygen atoms in total. The van der Waals surface area contributed by atoms with Gasteiger partial charge in [-0.3, -0.25) is 14.3 Å². The minimum atomic E-state index is -3.52. The Hall–Kier alpha value is -2.37. The smallest absolute Gasteiger partial charge is 0.257 e. The number of methoxy groups -OCH3 is 2. The maximum Gasteiger partial charge on any atom is 0.257 e. The number of likely N-dealkylation sites (N-methyl/N-ethyl adjacent to an activating group) is 1. The van der Waals surface area contributed by atoms with Crippen molar-refractivity contribution in [1.82, 2.24) is 9.80 Å². The molecule has 2 rings (SSSR count). The molecule has 180 valence electrons. The van der Waals surface area contributed by atoms with Crippen molar-refractivity contribution in [2.75, 3.05) is 58.5 Å². The summed E-state index contributed by atoms with van der Waals surface area (Å²) in [6.45, 7) is 4.60. The number of amides is 2. The molecule has 3 atom stereocenters. The number of hydrogen-bond acceptors (Lipinski definition) is 7. The molecule has 1 aliphatic heterocycles. The van der Waals surface area contributed by atoms with Gasteiger partial charge in [-0.2, -0.15) is 0 Å². The summed E-state index contributed by atoms with van der Waals surface area (Å²) >= 11 is 0. The van der Waals surface area contributed by atoms with Crippen LogP contribution in [-0.4, -0.2) is 96.0 Å². The topological polar surface area (TPSA) is 114 Å². The minimum Gasteiger partial charge on any atom is -0.491 e. The number of rotatable bonds is 5. The third-order valence-electron chi connectivity index (χ3n) is 5.34. The van der Waals surface area contributed by atoms with Crippen molar-refractivity contribution in [3.05, 3.63) is 23.8 Å². The van der Waals surface area contributed by atoms with Crippen molar-refractivity contribution in [2.45, 2.75) is 26.0 Å². The third kappa shape index (κ3) is 6.81. The monoisotopic (exact) mass is 471 g/mol. The van der Waals surface area contributed by atoms with Gasteiger partial charge in [-0.05, 0) is 25.1 Å². The largest absolute Gasteiger partial charge is 0.491 e. The molecule has 1 aromatic rings. The zero-order chi connectivity index (χ0) is 24.1. The number of ether oxygens (including phenoxy) is 3. The Morgan fingerprint density at radius 1 is 1.25 bits per heavy atom. The van der Waals surface area contributed by atoms with E-state index in [-0.39, 0.29) is 60.9 Å². The van der Waals surface area contributed by atoms with Gasteiger partial charge in [-0.25, -0.2) is 8.42 Å². The molecule has 0 bridgehead atoms. The highest BCUT2D eigenvalue weighted by atomic mass is 32.2. The lowest BCUT2D eigenvalue weighted by Gasteiger charge is -2.36. The first-order chi connectivity index (χ1) is 15.0. The zero-order valence-electron chi connectivity index (χ0n) is 19.5. The Labute approximate surface area is 189 Å². The van der Waals surface area contributed by atoms with Crippen molar-refractivity contribution < 1.29 is 32.2 Å². The molecule has 2 amide bonds. The van der Waals surface area contributed by atoms with Crippen LogP contribution in [0.15, 0.2) is 18.2 Å². The molecule has 0 saturated heterocycles. The van der Waals surface area contributed by atoms with Crippen molar-refractivity contribution >= 4 is 27.5 Å². The molecule has 0 spiro atoms. The minimum absolute atomic E-state index is 0.0514. The first kappa shape index (κ1) is 25.9. The highest BCUT2D eigenvalue weighted by Gasteiger charge is 2.30. The Morgan fingerprint density at radius 3 is 2.53 bits per heavy atom. The van der Waals surface area contributed by atoms with Gasteiger partial charge >= 0.3 is 0 Å². The molecule has 11 heteroatoms. The van der Waals surface area contributed by atoms with Crippen molar-refractivity contribution in [3.63, 3.8) is 0 Å². The standard InChI is InChI=1S/C21H33N3O7S/c1-14-10-24(20(25)13-29-4)15(2)12-31-18-8-7-16(22-32(6,27)28)9-17(18)21(26)23(3)11-19(14)30-5/h7-9,14-15,19,22H,10-13H2,1-6H3/t14-,15-,19+/m0/s1. The van der Waals surface area contributed by atoms with Crippen molar-refractivity contribution in [3.8, 4) is 5.75 Å². The molecule has 1 heterocycles. The Balaban J connectivity index is 2.47. The van der Waals surface area contributed by atoms with E-state index in [1.54, 1.807) is 25.1 Å². The van der Waals surface area contributed by atoms with E-state index in [2.05, 4.69) is 4.72 Å². The number of nitrogens with one attached hydrogen (secondary N) is 1. The highest BCUT2D eigenvalue weighted by Crippen LogP contribution is 2.26. The van der Waals surface area contributed by atoms with Crippen LogP contribution < -0.4 is 9.46 Å². The zero-order valence-corrected chi connectivity index (χ0v) is 20.3. The van der Waals surface area contributed by atoms with Crippen LogP contribution in [-0.2, 0) is 24.3 Å². The predicted octanol–water partition coefficient (Wildman–Crippen LogP) is 1.04. The van der Waals surface area contributed by atoms with Crippen LogP contribution in [0.1, 0.15) is 24.2 Å². The molecule has 32 heavy (non-hydrogen) atoms. The average Bonchev–Trinajstić information content (AvgIpc) is 2.71. The SMILES string of the molecule is COCC(=O)N1C[C@H](C)[C@H](OC)CN(C)C(=O)c2cc(NS(C)(=O)=O)ccc2OC[C@@H]1C. The Morgan fingerprint density at radius 2 is 1.94 bits per heavy atom. The van der Waals surface area contributed by atoms with E-state index < -0.39 is 10.0 Å². The molecule has 0 radical (unpaired) electrons. The lowest BCUT2D eigenvalue weighted by molar-refractivity contribution is -0.139. The van der Waals surface area contributed by atoms with Crippen LogP contribution in [0.25, 0.3) is 0 Å². The van der Waals surface area contributed by atoms with Gasteiger partial charge in [0.05, 0.1) is 24.0 Å². The van der Waals surface area contributed by atoms with Gasteiger partial charge in [0.25, 0.3) is 5.91 Å². The summed E-state index contributed by atoms with van der Waals surface area (Å²) in [5.41, 5.74) is 0.469. The summed E-state index contributed by atoms with van der Waals surface area (Å²) in [7, 11) is 1.16. The Bertz CT molecular complexity index is 922. The van der Waals surface area contributed by atoms with Gasteiger partial charge in [0.15, 0.2) is 0 Å². The van der Waals surface area contributed by atoms with Gasteiger partial charge in [0.1, 0.15) is 19.0 Å². The van der Waals surface area contributed by atoms with E-state index in [9.17, 15) is 18.0 Å². The summed E-state index contributed by atoms with van der Waals surface area (Å²) in [5, 5.41) is 0. The van der Waals surface area contributed by atoms with E-state index in [1.807, 2.05) is 13.8 Å². The average molecular weight is 472 g/mol. The van der Waals surface area contributed by atoms with Gasteiger partial charge in [-0.1, -0.05) is 6.92 Å². The van der Waals surface area contributed by atoms with Crippen molar-refractivity contribution in [2.24, 2.45) is 5.92 Å². The number of hydrogen-bond donors (Lipinski definition) is 1. The summed E-state index contributed by atoms with van der Waals surface area (Å²) in [5.74, 6) is -0.267. The lowest BCUT2D eigenvalue weighted by Crippen LogP contribution is -2.49. The number of nitrogens with zero attached hydrogens (tertiary/aromatic N) is 2. The molecular formula is C21H33N3O7S. The van der Waals surface area contributed by atoms with E-state index in [0.717, 1.165) is 6.26 Å². The highest BCUT2D eigenvalue weighted by molar-refractivity contribution is 7.92. The first-order valence-electron chi connectivity index (χ1n) is 10.3. The number of carbonyl (C=O) groups is 2. The van der Waals surface area contributed by atoms with Crippen LogP contribution in [0.5, 0.6) is 5.75 Å². The molecule has 0 fully saturated rings. The maximum absolute atomic E-state index is 13.2. The fourth-order valence-corrected chi connectivity index (χ4v) is 4.16. The van der Waals surface area contributed by atoms with Crippen LogP contribution in [0.3, 0.4) is 0 Å². The number of carbonyl (C=O) groups excluding carboxylic acids is 2. The second-order valence-corrected chi connectivity index (χ2v) is 9.91. The van der Waals surface area contributed by atoms with Gasteiger partial charge in [0, 0.05) is 46.0 Å². The molecule has 0 unspecified atom stereocenters. The van der Waals surface area contributed by atoms with Crippen LogP contribution in [0.4, 0.5) is 5.69 Å². The summed E-state index contributed by atoms with van der Waals surface area (Å²) in [4.78, 5) is 29.1. The van der Waals surface area contributed by atoms with E-state index in [0.29, 0.717) is 12.3 Å². The van der Waals surface area contributed by atoms with Crippen LogP contribution in [0.2, 0.25) is 0 Å². The molecule has 1 aromatic carbocycles. The van der Waals surface area contributed by atoms with Gasteiger partial charge in [0.2, 0.25) is 15.9 Å². The summed E-state index contributed by atoms with van der Waals surface area (Å²) in [6, 6.07) is 4.22. The Kier molecular flexibility index (Phi) is 8.88. The van der Waals surface area contributed by atoms with E-state index in [4.69, 9.17) is 14.2 Å². The van der Waals surface area contributed by atoms with Gasteiger partial charge in [-0.15, -0.1) is 0 Å². The molecule has 0 aromatic heterocycles. The molecule has 0 saturated carbocycles. The normalized spacial score (nSPS) is 22.9. The fraction of sp³-hybridized carbons (Fsp3) is 0.619. The third-order valence-corrected chi connectivity index (χ3v) is 5.94. The second kappa shape index (κ2) is 11.0. The quantitative estimate of drug-likeness (QED) is 0.682. The molecule has 0 aliphatic carbocycles. The molecule has 1 N–H and O–H groups in total. The maximum atomic E-state index is 13.2. The second-order valence-electron chi connectivity index (χ2n) is 8.16. The number of benzene rings is 1. The van der Waals surface area contributed by atoms with Gasteiger partial charge < -0.3 is 24.0 Å². The van der Waals surface area contributed by atoms with Crippen LogP contribution in [0, 0.1) is 5.92 Å².